The van der Waals surface area contributed by atoms with E-state index in [1.54, 1.807) is 26.2 Å². The van der Waals surface area contributed by atoms with Crippen molar-refractivity contribution in [2.75, 3.05) is 39.1 Å². The Kier molecular flexibility index (Phi) is 4.42. The quantitative estimate of drug-likeness (QED) is 0.664. The summed E-state index contributed by atoms with van der Waals surface area (Å²) >= 11 is 0. The third kappa shape index (κ3) is 3.13. The van der Waals surface area contributed by atoms with E-state index in [0.717, 1.165) is 19.5 Å². The lowest BCUT2D eigenvalue weighted by atomic mass is 10.1. The number of hydrogen-bond donors (Lipinski definition) is 1. The number of carbonyl (C=O) groups excluding carboxylic acids is 1. The van der Waals surface area contributed by atoms with Crippen molar-refractivity contribution in [2.45, 2.75) is 12.5 Å². The van der Waals surface area contributed by atoms with Gasteiger partial charge >= 0.3 is 0 Å². The summed E-state index contributed by atoms with van der Waals surface area (Å²) in [4.78, 5) is 26.2. The molecule has 7 heteroatoms. The van der Waals surface area contributed by atoms with E-state index in [1.807, 2.05) is 11.9 Å². The van der Waals surface area contributed by atoms with E-state index < -0.39 is 4.92 Å². The van der Waals surface area contributed by atoms with Crippen molar-refractivity contribution in [1.82, 2.24) is 10.2 Å². The lowest BCUT2D eigenvalue weighted by Crippen LogP contribution is -2.33. The lowest BCUT2D eigenvalue weighted by molar-refractivity contribution is -0.384. The second-order valence-electron chi connectivity index (χ2n) is 5.42. The normalized spacial score (nSPS) is 17.6. The van der Waals surface area contributed by atoms with E-state index in [1.165, 1.54) is 11.0 Å². The Bertz CT molecular complexity index is 553. The molecule has 1 atom stereocenters. The smallest absolute Gasteiger partial charge is 0.293 e. The fourth-order valence-corrected chi connectivity index (χ4v) is 2.53. The molecule has 21 heavy (non-hydrogen) atoms. The molecule has 1 aromatic carbocycles. The third-order valence-electron chi connectivity index (χ3n) is 3.79. The topological polar surface area (TPSA) is 78.7 Å². The van der Waals surface area contributed by atoms with E-state index in [0.29, 0.717) is 11.3 Å². The number of carbonyl (C=O) groups is 1. The monoisotopic (exact) mass is 292 g/mol. The van der Waals surface area contributed by atoms with Crippen LogP contribution in [0.25, 0.3) is 0 Å². The summed E-state index contributed by atoms with van der Waals surface area (Å²) in [5.74, 6) is -0.241. The van der Waals surface area contributed by atoms with Crippen molar-refractivity contribution < 1.29 is 9.72 Å². The van der Waals surface area contributed by atoms with Crippen LogP contribution in [0.1, 0.15) is 16.8 Å². The molecule has 1 aliphatic heterocycles. The van der Waals surface area contributed by atoms with Crippen LogP contribution in [0.3, 0.4) is 0 Å². The molecule has 0 saturated carbocycles. The van der Waals surface area contributed by atoms with E-state index >= 15 is 0 Å². The third-order valence-corrected chi connectivity index (χ3v) is 3.79. The van der Waals surface area contributed by atoms with Gasteiger partial charge in [0.25, 0.3) is 11.6 Å². The maximum atomic E-state index is 11.9. The zero-order valence-electron chi connectivity index (χ0n) is 12.5. The molecule has 0 bridgehead atoms. The molecule has 1 saturated heterocycles. The second kappa shape index (κ2) is 6.09. The second-order valence-corrected chi connectivity index (χ2v) is 5.42. The first-order chi connectivity index (χ1) is 9.91. The average molecular weight is 292 g/mol. The number of nitrogens with zero attached hydrogens (tertiary/aromatic N) is 3. The lowest BCUT2D eigenvalue weighted by Gasteiger charge is -2.25. The molecule has 0 radical (unpaired) electrons. The van der Waals surface area contributed by atoms with Crippen molar-refractivity contribution in [2.24, 2.45) is 0 Å². The van der Waals surface area contributed by atoms with E-state index in [4.69, 9.17) is 0 Å². The molecule has 1 unspecified atom stereocenters. The molecule has 0 aliphatic carbocycles. The van der Waals surface area contributed by atoms with Crippen molar-refractivity contribution in [3.05, 3.63) is 33.9 Å². The average Bonchev–Trinajstić information content (AvgIpc) is 2.99. The summed E-state index contributed by atoms with van der Waals surface area (Å²) in [6.45, 7) is 1.73. The van der Waals surface area contributed by atoms with Crippen LogP contribution in [0, 0.1) is 10.1 Å². The number of amides is 1. The molecule has 1 aliphatic rings. The van der Waals surface area contributed by atoms with Crippen molar-refractivity contribution in [3.8, 4) is 0 Å². The summed E-state index contributed by atoms with van der Waals surface area (Å²) in [6.07, 6.45) is 0.950. The van der Waals surface area contributed by atoms with Crippen LogP contribution in [-0.2, 0) is 0 Å². The predicted octanol–water partition coefficient (Wildman–Crippen LogP) is 1.09. The molecule has 114 valence electrons. The molecule has 1 N–H and O–H groups in total. The minimum atomic E-state index is -0.430. The van der Waals surface area contributed by atoms with Gasteiger partial charge in [0.05, 0.1) is 4.92 Å². The van der Waals surface area contributed by atoms with Crippen molar-refractivity contribution in [3.63, 3.8) is 0 Å². The van der Waals surface area contributed by atoms with Gasteiger partial charge < -0.3 is 15.1 Å². The van der Waals surface area contributed by atoms with Crippen LogP contribution in [0.15, 0.2) is 18.2 Å². The molecule has 2 rings (SSSR count). The number of nitrogens with one attached hydrogen (secondary N) is 1. The van der Waals surface area contributed by atoms with Gasteiger partial charge in [0.15, 0.2) is 0 Å². The van der Waals surface area contributed by atoms with E-state index in [2.05, 4.69) is 5.32 Å². The van der Waals surface area contributed by atoms with Gasteiger partial charge in [0.1, 0.15) is 5.69 Å². The number of likely N-dealkylation sites (N-methyl/N-ethyl adjacent to an activating group) is 1. The van der Waals surface area contributed by atoms with Crippen LogP contribution in [-0.4, -0.2) is 56.0 Å². The van der Waals surface area contributed by atoms with Crippen molar-refractivity contribution in [1.29, 1.82) is 0 Å². The minimum Gasteiger partial charge on any atom is -0.365 e. The number of anilines is 1. The number of nitro benzene ring substituents is 1. The van der Waals surface area contributed by atoms with Gasteiger partial charge in [-0.25, -0.2) is 0 Å². The first-order valence-corrected chi connectivity index (χ1v) is 6.85. The first kappa shape index (κ1) is 15.2. The van der Waals surface area contributed by atoms with Crippen LogP contribution < -0.4 is 10.2 Å². The van der Waals surface area contributed by atoms with Crippen LogP contribution in [0.2, 0.25) is 0 Å². The molecule has 0 spiro atoms. The Morgan fingerprint density at radius 2 is 2.10 bits per heavy atom. The van der Waals surface area contributed by atoms with E-state index in [-0.39, 0.29) is 17.6 Å². The Labute approximate surface area is 123 Å². The fourth-order valence-electron chi connectivity index (χ4n) is 2.53. The summed E-state index contributed by atoms with van der Waals surface area (Å²) in [5.41, 5.74) is 0.842. The highest BCUT2D eigenvalue weighted by atomic mass is 16.6. The minimum absolute atomic E-state index is 0.0305. The Morgan fingerprint density at radius 1 is 1.38 bits per heavy atom. The van der Waals surface area contributed by atoms with E-state index in [9.17, 15) is 14.9 Å². The van der Waals surface area contributed by atoms with Gasteiger partial charge in [0.2, 0.25) is 0 Å². The number of benzene rings is 1. The maximum Gasteiger partial charge on any atom is 0.293 e. The van der Waals surface area contributed by atoms with Crippen molar-refractivity contribution >= 4 is 17.3 Å². The van der Waals surface area contributed by atoms with Crippen LogP contribution in [0.5, 0.6) is 0 Å². The molecule has 1 fully saturated rings. The zero-order valence-corrected chi connectivity index (χ0v) is 12.5. The fraction of sp³-hybridized carbons (Fsp3) is 0.500. The summed E-state index contributed by atoms with van der Waals surface area (Å²) in [7, 11) is 5.10. The SMILES string of the molecule is CN(C)C(=O)c1ccc(N(C)C2CCNC2)c([N+](=O)[O-])c1. The highest BCUT2D eigenvalue weighted by Gasteiger charge is 2.26. The van der Waals surface area contributed by atoms with Gasteiger partial charge in [0, 0.05) is 45.4 Å². The summed E-state index contributed by atoms with van der Waals surface area (Å²) in [6, 6.07) is 4.90. The Balaban J connectivity index is 2.37. The van der Waals surface area contributed by atoms with Gasteiger partial charge in [-0.05, 0) is 25.1 Å². The number of rotatable bonds is 4. The molecular weight excluding hydrogens is 272 g/mol. The molecule has 1 aromatic rings. The summed E-state index contributed by atoms with van der Waals surface area (Å²) < 4.78 is 0. The molecular formula is C14H20N4O3. The summed E-state index contributed by atoms with van der Waals surface area (Å²) in [5, 5.41) is 14.6. The Morgan fingerprint density at radius 3 is 2.62 bits per heavy atom. The van der Waals surface area contributed by atoms with Gasteiger partial charge in [-0.1, -0.05) is 0 Å². The molecule has 1 heterocycles. The Hall–Kier alpha value is -2.15. The number of hydrogen-bond acceptors (Lipinski definition) is 5. The molecule has 0 aromatic heterocycles. The predicted molar refractivity (Wildman–Crippen MR) is 80.8 cm³/mol. The van der Waals surface area contributed by atoms with Gasteiger partial charge in [-0.15, -0.1) is 0 Å². The highest BCUT2D eigenvalue weighted by molar-refractivity contribution is 5.95. The first-order valence-electron chi connectivity index (χ1n) is 6.85. The number of nitro groups is 1. The van der Waals surface area contributed by atoms with Gasteiger partial charge in [-0.3, -0.25) is 14.9 Å². The van der Waals surface area contributed by atoms with Crippen LogP contribution in [0.4, 0.5) is 11.4 Å². The van der Waals surface area contributed by atoms with Gasteiger partial charge in [-0.2, -0.15) is 0 Å². The molecule has 7 nitrogen and oxygen atoms in total. The molecule has 1 amide bonds. The zero-order chi connectivity index (χ0) is 15.6. The largest absolute Gasteiger partial charge is 0.365 e. The standard InChI is InChI=1S/C14H20N4O3/c1-16(2)14(19)10-4-5-12(13(8-10)18(20)21)17(3)11-6-7-15-9-11/h4-5,8,11,15H,6-7,9H2,1-3H3. The highest BCUT2D eigenvalue weighted by Crippen LogP contribution is 2.31. The van der Waals surface area contributed by atoms with Crippen LogP contribution >= 0.6 is 0 Å². The maximum absolute atomic E-state index is 11.9.